The summed E-state index contributed by atoms with van der Waals surface area (Å²) in [6.07, 6.45) is 3.15. The fraction of sp³-hybridized carbons (Fsp3) is 0.391. The van der Waals surface area contributed by atoms with Crippen LogP contribution in [0.15, 0.2) is 48.5 Å². The average molecular weight is 413 g/mol. The zero-order valence-corrected chi connectivity index (χ0v) is 18.4. The predicted octanol–water partition coefficient (Wildman–Crippen LogP) is 5.90. The van der Waals surface area contributed by atoms with Crippen LogP contribution in [0.3, 0.4) is 0 Å². The minimum atomic E-state index is 0.239. The van der Waals surface area contributed by atoms with E-state index >= 15 is 0 Å². The molecule has 0 saturated carbocycles. The molecule has 154 valence electrons. The van der Waals surface area contributed by atoms with Crippen LogP contribution >= 0.6 is 11.6 Å². The van der Waals surface area contributed by atoms with Gasteiger partial charge in [-0.15, -0.1) is 5.10 Å². The topological polar surface area (TPSA) is 43.2 Å². The van der Waals surface area contributed by atoms with E-state index in [2.05, 4.69) is 49.1 Å². The molecule has 1 atom stereocenters. The van der Waals surface area contributed by atoms with Gasteiger partial charge in [-0.05, 0) is 36.6 Å². The van der Waals surface area contributed by atoms with Crippen LogP contribution in [-0.2, 0) is 7.05 Å². The number of hydrogen-bond donors (Lipinski definition) is 0. The van der Waals surface area contributed by atoms with Crippen LogP contribution in [-0.4, -0.2) is 28.4 Å². The standard InChI is InChI=1S/C23H29ClN4O/c1-5-10-20(17-11-8-7-9-12-17)28(15-6-2)23-25-22(27(3)26-23)19-14-13-18(24)16-21(19)29-4/h7-9,11-14,16,20H,5-6,10,15H2,1-4H3/t20-/m0/s1. The van der Waals surface area contributed by atoms with E-state index in [-0.39, 0.29) is 6.04 Å². The van der Waals surface area contributed by atoms with Crippen molar-refractivity contribution in [2.45, 2.75) is 39.2 Å². The van der Waals surface area contributed by atoms with Gasteiger partial charge < -0.3 is 9.64 Å². The highest BCUT2D eigenvalue weighted by molar-refractivity contribution is 6.30. The van der Waals surface area contributed by atoms with Crippen LogP contribution in [0, 0.1) is 0 Å². The van der Waals surface area contributed by atoms with E-state index in [0.29, 0.717) is 10.8 Å². The van der Waals surface area contributed by atoms with Crippen LogP contribution < -0.4 is 9.64 Å². The Hall–Kier alpha value is -2.53. The molecule has 0 saturated heterocycles. The Labute approximate surface area is 178 Å². The van der Waals surface area contributed by atoms with Gasteiger partial charge in [-0.3, -0.25) is 0 Å². The highest BCUT2D eigenvalue weighted by atomic mass is 35.5. The summed E-state index contributed by atoms with van der Waals surface area (Å²) >= 11 is 6.13. The first-order valence-electron chi connectivity index (χ1n) is 10.2. The van der Waals surface area contributed by atoms with Gasteiger partial charge in [0.15, 0.2) is 5.82 Å². The number of methoxy groups -OCH3 is 1. The van der Waals surface area contributed by atoms with Crippen molar-refractivity contribution in [1.29, 1.82) is 0 Å². The first kappa shape index (κ1) is 21.2. The van der Waals surface area contributed by atoms with Gasteiger partial charge in [0.25, 0.3) is 0 Å². The zero-order valence-electron chi connectivity index (χ0n) is 17.6. The van der Waals surface area contributed by atoms with E-state index in [4.69, 9.17) is 26.4 Å². The molecule has 0 aliphatic heterocycles. The van der Waals surface area contributed by atoms with Crippen molar-refractivity contribution in [3.05, 3.63) is 59.1 Å². The number of aryl methyl sites for hydroxylation is 1. The van der Waals surface area contributed by atoms with E-state index in [1.165, 1.54) is 5.56 Å². The number of ether oxygens (including phenoxy) is 1. The maximum atomic E-state index is 6.13. The largest absolute Gasteiger partial charge is 0.496 e. The van der Waals surface area contributed by atoms with Crippen molar-refractivity contribution in [3.63, 3.8) is 0 Å². The Morgan fingerprint density at radius 3 is 2.52 bits per heavy atom. The summed E-state index contributed by atoms with van der Waals surface area (Å²) in [6, 6.07) is 16.4. The van der Waals surface area contributed by atoms with Crippen molar-refractivity contribution in [3.8, 4) is 17.1 Å². The second kappa shape index (κ2) is 9.79. The lowest BCUT2D eigenvalue weighted by atomic mass is 10.0. The van der Waals surface area contributed by atoms with E-state index < -0.39 is 0 Å². The van der Waals surface area contributed by atoms with Gasteiger partial charge in [-0.2, -0.15) is 4.98 Å². The van der Waals surface area contributed by atoms with Crippen molar-refractivity contribution < 1.29 is 4.74 Å². The summed E-state index contributed by atoms with van der Waals surface area (Å²) in [5.41, 5.74) is 2.17. The van der Waals surface area contributed by atoms with Gasteiger partial charge in [0.2, 0.25) is 5.95 Å². The Balaban J connectivity index is 2.04. The van der Waals surface area contributed by atoms with Crippen LogP contribution in [0.25, 0.3) is 11.4 Å². The summed E-state index contributed by atoms with van der Waals surface area (Å²) in [4.78, 5) is 7.24. The monoisotopic (exact) mass is 412 g/mol. The molecule has 1 aromatic heterocycles. The number of anilines is 1. The van der Waals surface area contributed by atoms with Crippen LogP contribution in [0.4, 0.5) is 5.95 Å². The summed E-state index contributed by atoms with van der Waals surface area (Å²) in [5.74, 6) is 2.19. The molecule has 3 aromatic rings. The number of halogens is 1. The molecule has 0 amide bonds. The van der Waals surface area contributed by atoms with Gasteiger partial charge >= 0.3 is 0 Å². The number of hydrogen-bond acceptors (Lipinski definition) is 4. The molecule has 0 aliphatic carbocycles. The predicted molar refractivity (Wildman–Crippen MR) is 120 cm³/mol. The second-order valence-electron chi connectivity index (χ2n) is 7.11. The highest BCUT2D eigenvalue weighted by Gasteiger charge is 2.24. The number of rotatable bonds is 9. The number of nitrogens with zero attached hydrogens (tertiary/aromatic N) is 4. The molecule has 1 heterocycles. The lowest BCUT2D eigenvalue weighted by molar-refractivity contribution is 0.416. The summed E-state index contributed by atoms with van der Waals surface area (Å²) in [5, 5.41) is 5.41. The minimum absolute atomic E-state index is 0.239. The van der Waals surface area contributed by atoms with Crippen molar-refractivity contribution in [2.24, 2.45) is 7.05 Å². The van der Waals surface area contributed by atoms with Crippen molar-refractivity contribution in [2.75, 3.05) is 18.6 Å². The number of aromatic nitrogens is 3. The van der Waals surface area contributed by atoms with Crippen LogP contribution in [0.5, 0.6) is 5.75 Å². The van der Waals surface area contributed by atoms with Gasteiger partial charge in [0, 0.05) is 18.6 Å². The molecular weight excluding hydrogens is 384 g/mol. The lowest BCUT2D eigenvalue weighted by Gasteiger charge is -2.31. The Kier molecular flexibility index (Phi) is 7.15. The first-order chi connectivity index (χ1) is 14.1. The molecule has 6 heteroatoms. The zero-order chi connectivity index (χ0) is 20.8. The van der Waals surface area contributed by atoms with Gasteiger partial charge in [-0.1, -0.05) is 62.2 Å². The Bertz CT molecular complexity index is 926. The number of benzene rings is 2. The molecule has 0 aliphatic rings. The van der Waals surface area contributed by atoms with Crippen molar-refractivity contribution in [1.82, 2.24) is 14.8 Å². The quantitative estimate of drug-likeness (QED) is 0.438. The first-order valence-corrected chi connectivity index (χ1v) is 10.5. The molecule has 0 spiro atoms. The summed E-state index contributed by atoms with van der Waals surface area (Å²) < 4.78 is 7.35. The summed E-state index contributed by atoms with van der Waals surface area (Å²) in [7, 11) is 3.56. The highest BCUT2D eigenvalue weighted by Crippen LogP contribution is 2.34. The minimum Gasteiger partial charge on any atom is -0.496 e. The van der Waals surface area contributed by atoms with E-state index in [0.717, 1.165) is 43.1 Å². The third-order valence-corrected chi connectivity index (χ3v) is 5.24. The van der Waals surface area contributed by atoms with E-state index in [1.54, 1.807) is 13.2 Å². The molecule has 2 aromatic carbocycles. The van der Waals surface area contributed by atoms with Gasteiger partial charge in [-0.25, -0.2) is 4.68 Å². The maximum absolute atomic E-state index is 6.13. The Morgan fingerprint density at radius 2 is 1.86 bits per heavy atom. The third kappa shape index (κ3) is 4.73. The molecule has 3 rings (SSSR count). The second-order valence-corrected chi connectivity index (χ2v) is 7.55. The normalized spacial score (nSPS) is 12.0. The lowest BCUT2D eigenvalue weighted by Crippen LogP contribution is -2.30. The average Bonchev–Trinajstić information content (AvgIpc) is 3.12. The van der Waals surface area contributed by atoms with E-state index in [1.807, 2.05) is 23.9 Å². The molecule has 29 heavy (non-hydrogen) atoms. The SMILES string of the molecule is CCC[C@@H](c1ccccc1)N(CCC)c1nc(-c2ccc(Cl)cc2OC)n(C)n1. The summed E-state index contributed by atoms with van der Waals surface area (Å²) in [6.45, 7) is 5.30. The molecule has 0 N–H and O–H groups in total. The van der Waals surface area contributed by atoms with Gasteiger partial charge in [0.05, 0.1) is 18.7 Å². The molecule has 0 fully saturated rings. The smallest absolute Gasteiger partial charge is 0.245 e. The van der Waals surface area contributed by atoms with E-state index in [9.17, 15) is 0 Å². The molecular formula is C23H29ClN4O. The Morgan fingerprint density at radius 1 is 1.10 bits per heavy atom. The molecule has 0 unspecified atom stereocenters. The fourth-order valence-corrected chi connectivity index (χ4v) is 3.83. The molecule has 5 nitrogen and oxygen atoms in total. The van der Waals surface area contributed by atoms with Crippen LogP contribution in [0.1, 0.15) is 44.7 Å². The fourth-order valence-electron chi connectivity index (χ4n) is 3.66. The molecule has 0 bridgehead atoms. The van der Waals surface area contributed by atoms with Crippen LogP contribution in [0.2, 0.25) is 5.02 Å². The maximum Gasteiger partial charge on any atom is 0.245 e. The van der Waals surface area contributed by atoms with Gasteiger partial charge in [0.1, 0.15) is 5.75 Å². The molecule has 0 radical (unpaired) electrons. The third-order valence-electron chi connectivity index (χ3n) is 5.00. The van der Waals surface area contributed by atoms with Crippen molar-refractivity contribution >= 4 is 17.5 Å².